The second-order valence-corrected chi connectivity index (χ2v) is 6.03. The molecule has 0 aromatic carbocycles. The van der Waals surface area contributed by atoms with Gasteiger partial charge in [-0.15, -0.1) is 0 Å². The Labute approximate surface area is 144 Å². The minimum atomic E-state index is -0.838. The number of hydrogen-bond acceptors (Lipinski definition) is 5. The van der Waals surface area contributed by atoms with Crippen LogP contribution in [0.5, 0.6) is 0 Å². The number of anilines is 1. The zero-order chi connectivity index (χ0) is 18.7. The van der Waals surface area contributed by atoms with E-state index in [1.807, 2.05) is 13.8 Å². The highest BCUT2D eigenvalue weighted by Gasteiger charge is 2.22. The third-order valence-electron chi connectivity index (χ3n) is 3.30. The van der Waals surface area contributed by atoms with Crippen molar-refractivity contribution in [3.63, 3.8) is 0 Å². The summed E-state index contributed by atoms with van der Waals surface area (Å²) in [5, 5.41) is 9.15. The van der Waals surface area contributed by atoms with E-state index in [2.05, 4.69) is 32.3 Å². The number of aryl methyl sites for hydroxylation is 1. The van der Waals surface area contributed by atoms with Crippen molar-refractivity contribution in [3.8, 4) is 0 Å². The van der Waals surface area contributed by atoms with Crippen LogP contribution >= 0.6 is 0 Å². The zero-order valence-electron chi connectivity index (χ0n) is 14.6. The molecule has 2 heterocycles. The molecule has 0 saturated carbocycles. The van der Waals surface area contributed by atoms with Crippen LogP contribution in [-0.4, -0.2) is 45.7 Å². The van der Waals surface area contributed by atoms with Gasteiger partial charge in [0.1, 0.15) is 5.82 Å². The van der Waals surface area contributed by atoms with Crippen LogP contribution in [0.3, 0.4) is 0 Å². The molecule has 0 saturated heterocycles. The van der Waals surface area contributed by atoms with Crippen LogP contribution in [0.25, 0.3) is 0 Å². The van der Waals surface area contributed by atoms with Gasteiger partial charge in [-0.2, -0.15) is 14.8 Å². The largest absolute Gasteiger partial charge is 0.348 e. The predicted octanol–water partition coefficient (Wildman–Crippen LogP) is 0.664. The van der Waals surface area contributed by atoms with Crippen LogP contribution in [0.1, 0.15) is 26.5 Å². The first-order valence-corrected chi connectivity index (χ1v) is 7.73. The van der Waals surface area contributed by atoms with Gasteiger partial charge >= 0.3 is 11.8 Å². The Morgan fingerprint density at radius 2 is 1.92 bits per heavy atom. The van der Waals surface area contributed by atoms with Crippen LogP contribution in [0.2, 0.25) is 0 Å². The van der Waals surface area contributed by atoms with Gasteiger partial charge in [0, 0.05) is 12.6 Å². The molecule has 1 aromatic heterocycles. The van der Waals surface area contributed by atoms with Gasteiger partial charge in [0.15, 0.2) is 0 Å². The quantitative estimate of drug-likeness (QED) is 0.618. The molecule has 2 rings (SSSR count). The number of carbonyl (C=O) groups is 3. The summed E-state index contributed by atoms with van der Waals surface area (Å²) < 4.78 is 1.21. The summed E-state index contributed by atoms with van der Waals surface area (Å²) in [5.74, 6) is -1.71. The lowest BCUT2D eigenvalue weighted by Crippen LogP contribution is -2.38. The first-order valence-electron chi connectivity index (χ1n) is 7.73. The molecule has 0 bridgehead atoms. The molecule has 2 N–H and O–H groups in total. The van der Waals surface area contributed by atoms with Crippen LogP contribution in [-0.2, 0) is 14.4 Å². The van der Waals surface area contributed by atoms with E-state index < -0.39 is 17.7 Å². The van der Waals surface area contributed by atoms with Crippen molar-refractivity contribution < 1.29 is 14.4 Å². The second kappa shape index (κ2) is 7.20. The Morgan fingerprint density at radius 1 is 1.24 bits per heavy atom. The van der Waals surface area contributed by atoms with E-state index in [9.17, 15) is 14.4 Å². The summed E-state index contributed by atoms with van der Waals surface area (Å²) in [5.41, 5.74) is 1.17. The smallest absolute Gasteiger partial charge is 0.314 e. The molecular formula is C16H20N6O3. The number of aromatic nitrogens is 2. The van der Waals surface area contributed by atoms with Gasteiger partial charge in [-0.25, -0.2) is 4.99 Å². The Bertz CT molecular complexity index is 816. The zero-order valence-corrected chi connectivity index (χ0v) is 14.6. The van der Waals surface area contributed by atoms with Crippen molar-refractivity contribution in [2.24, 2.45) is 15.9 Å². The van der Waals surface area contributed by atoms with Gasteiger partial charge in [0.05, 0.1) is 17.0 Å². The molecule has 9 heteroatoms. The molecule has 9 nitrogen and oxygen atoms in total. The maximum absolute atomic E-state index is 12.0. The van der Waals surface area contributed by atoms with E-state index in [1.165, 1.54) is 4.68 Å². The SMILES string of the molecule is C=C1C(=O)N=C(n2nc(C)cc2NC(=O)C(=O)NCC(C)C)N=C1C. The van der Waals surface area contributed by atoms with Gasteiger partial charge < -0.3 is 10.6 Å². The lowest BCUT2D eigenvalue weighted by Gasteiger charge is -2.13. The highest BCUT2D eigenvalue weighted by atomic mass is 16.2. The van der Waals surface area contributed by atoms with Crippen molar-refractivity contribution in [1.82, 2.24) is 15.1 Å². The maximum atomic E-state index is 12.0. The van der Waals surface area contributed by atoms with Crippen LogP contribution in [0.15, 0.2) is 28.2 Å². The van der Waals surface area contributed by atoms with Crippen LogP contribution in [0.4, 0.5) is 5.82 Å². The van der Waals surface area contributed by atoms with Crippen molar-refractivity contribution in [1.29, 1.82) is 0 Å². The van der Waals surface area contributed by atoms with Crippen LogP contribution in [0, 0.1) is 12.8 Å². The molecule has 132 valence electrons. The van der Waals surface area contributed by atoms with E-state index in [0.29, 0.717) is 18.0 Å². The fourth-order valence-electron chi connectivity index (χ4n) is 1.94. The molecule has 0 aliphatic carbocycles. The Morgan fingerprint density at radius 3 is 2.52 bits per heavy atom. The summed E-state index contributed by atoms with van der Waals surface area (Å²) in [6.45, 7) is 11.2. The van der Waals surface area contributed by atoms with E-state index >= 15 is 0 Å². The summed E-state index contributed by atoms with van der Waals surface area (Å²) in [6, 6.07) is 1.55. The normalized spacial score (nSPS) is 14.3. The number of aliphatic imine (C=N–C) groups is 2. The lowest BCUT2D eigenvalue weighted by molar-refractivity contribution is -0.136. The monoisotopic (exact) mass is 344 g/mol. The molecule has 1 aliphatic rings. The summed E-state index contributed by atoms with van der Waals surface area (Å²) in [6.07, 6.45) is 0. The number of amides is 3. The summed E-state index contributed by atoms with van der Waals surface area (Å²) >= 11 is 0. The van der Waals surface area contributed by atoms with E-state index in [4.69, 9.17) is 0 Å². The standard InChI is InChI=1S/C16H20N6O3/c1-8(2)7-17-14(24)15(25)19-12-6-9(3)21-22(12)16-18-11(5)10(4)13(23)20-16/h6,8H,4,7H2,1-3,5H3,(H,17,24)(H,19,25). The topological polar surface area (TPSA) is 118 Å². The highest BCUT2D eigenvalue weighted by molar-refractivity contribution is 6.39. The third kappa shape index (κ3) is 4.25. The van der Waals surface area contributed by atoms with Crippen molar-refractivity contribution >= 4 is 35.2 Å². The molecule has 0 atom stereocenters. The lowest BCUT2D eigenvalue weighted by atomic mass is 10.2. The highest BCUT2D eigenvalue weighted by Crippen LogP contribution is 2.14. The van der Waals surface area contributed by atoms with Crippen LogP contribution < -0.4 is 10.6 Å². The maximum Gasteiger partial charge on any atom is 0.314 e. The number of carbonyl (C=O) groups excluding carboxylic acids is 3. The van der Waals surface area contributed by atoms with Gasteiger partial charge in [-0.05, 0) is 19.8 Å². The Hall–Kier alpha value is -3.10. The van der Waals surface area contributed by atoms with Gasteiger partial charge in [-0.1, -0.05) is 20.4 Å². The molecule has 3 amide bonds. The van der Waals surface area contributed by atoms with Crippen molar-refractivity contribution in [2.75, 3.05) is 11.9 Å². The second-order valence-electron chi connectivity index (χ2n) is 6.03. The number of rotatable bonds is 3. The summed E-state index contributed by atoms with van der Waals surface area (Å²) in [4.78, 5) is 43.6. The fraction of sp³-hybridized carbons (Fsp3) is 0.375. The Balaban J connectivity index is 2.23. The predicted molar refractivity (Wildman–Crippen MR) is 93.5 cm³/mol. The molecule has 0 unspecified atom stereocenters. The van der Waals surface area contributed by atoms with E-state index in [0.717, 1.165) is 0 Å². The molecule has 1 aromatic rings. The first-order chi connectivity index (χ1) is 11.7. The molecule has 0 fully saturated rings. The molecule has 0 radical (unpaired) electrons. The molecule has 1 aliphatic heterocycles. The average Bonchev–Trinajstić information content (AvgIpc) is 2.90. The molecule has 0 spiro atoms. The van der Waals surface area contributed by atoms with E-state index in [1.54, 1.807) is 19.9 Å². The van der Waals surface area contributed by atoms with Crippen molar-refractivity contribution in [3.05, 3.63) is 23.9 Å². The van der Waals surface area contributed by atoms with Gasteiger partial charge in [0.2, 0.25) is 0 Å². The minimum absolute atomic E-state index is 0.000823. The number of hydrogen-bond donors (Lipinski definition) is 2. The number of nitrogens with one attached hydrogen (secondary N) is 2. The summed E-state index contributed by atoms with van der Waals surface area (Å²) in [7, 11) is 0. The van der Waals surface area contributed by atoms with Gasteiger partial charge in [-0.3, -0.25) is 14.4 Å². The molecule has 25 heavy (non-hydrogen) atoms. The first kappa shape index (κ1) is 18.2. The molecular weight excluding hydrogens is 324 g/mol. The third-order valence-corrected chi connectivity index (χ3v) is 3.30. The minimum Gasteiger partial charge on any atom is -0.348 e. The number of nitrogens with zero attached hydrogens (tertiary/aromatic N) is 4. The van der Waals surface area contributed by atoms with Gasteiger partial charge in [0.25, 0.3) is 11.9 Å². The average molecular weight is 344 g/mol. The van der Waals surface area contributed by atoms with E-state index in [-0.39, 0.29) is 23.3 Å². The van der Waals surface area contributed by atoms with Crippen molar-refractivity contribution in [2.45, 2.75) is 27.7 Å². The Kier molecular flexibility index (Phi) is 5.26. The fourth-order valence-corrected chi connectivity index (χ4v) is 1.94.